The molecule has 4 rings (SSSR count). The van der Waals surface area contributed by atoms with Crippen LogP contribution in [0.2, 0.25) is 0 Å². The maximum atomic E-state index is 14.5. The third-order valence-corrected chi connectivity index (χ3v) is 20.1. The summed E-state index contributed by atoms with van der Waals surface area (Å²) in [4.78, 5) is 213. The number of carbonyl (C=O) groups excluding carboxylic acids is 17. The van der Waals surface area contributed by atoms with Gasteiger partial charge in [0.25, 0.3) is 0 Å². The SMILES string of the molecule is CC(=O)N[C@H]1[C@H](OCCOCCOCCOCC(=O)NCCCC[C@H](NC(=O)COCCOCCOCCO[C@@H]2O[C@H](COC(C)=O)[C@H](OC(C)=O)[C@H](OC(C)=O)[C@H]2NC(C)=O)C(=O)N[C@@H](CCCCNC(=O)COCCOCCOCCO[C@@H]2O[C@H](COC(C)=O)[C@H](OC(C)=O)[C@H](OC(C)=O)[C@H]2NC(C)=O)C(=O)NCCCCCCOCc2ccccc2)O[C@H](COC(C)=O)[C@H](OC(C)=O)[C@@H]1OC(C)=O. The topological polar surface area (TPSA) is 617 Å². The molecule has 50 nitrogen and oxygen atoms in total. The van der Waals surface area contributed by atoms with Crippen LogP contribution in [0.25, 0.3) is 0 Å². The minimum atomic E-state index is -1.33. The molecule has 0 bridgehead atoms. The van der Waals surface area contributed by atoms with Gasteiger partial charge in [-0.05, 0) is 56.9 Å². The van der Waals surface area contributed by atoms with Crippen LogP contribution in [0.1, 0.15) is 153 Å². The Balaban J connectivity index is 1.32. The highest BCUT2D eigenvalue weighted by Gasteiger charge is 2.55. The third kappa shape index (κ3) is 55.7. The van der Waals surface area contributed by atoms with Crippen molar-refractivity contribution >= 4 is 101 Å². The molecule has 3 aliphatic heterocycles. The van der Waals surface area contributed by atoms with Gasteiger partial charge in [-0.1, -0.05) is 43.2 Å². The molecule has 141 heavy (non-hydrogen) atoms. The number of benzene rings is 1. The smallest absolute Gasteiger partial charge is 0.303 e. The Labute approximate surface area is 818 Å². The molecule has 0 spiro atoms. The van der Waals surface area contributed by atoms with E-state index in [-0.39, 0.29) is 171 Å². The summed E-state index contributed by atoms with van der Waals surface area (Å²) in [5, 5.41) is 21.9. The van der Waals surface area contributed by atoms with Crippen LogP contribution in [0.4, 0.5) is 0 Å². The zero-order chi connectivity index (χ0) is 104. The Hall–Kier alpha value is -10.4. The number of unbranched alkanes of at least 4 members (excludes halogenated alkanes) is 5. The fourth-order valence-electron chi connectivity index (χ4n) is 14.1. The summed E-state index contributed by atoms with van der Waals surface area (Å²) >= 11 is 0. The Morgan fingerprint density at radius 1 is 0.284 bits per heavy atom. The van der Waals surface area contributed by atoms with Crippen LogP contribution in [0.3, 0.4) is 0 Å². The summed E-state index contributed by atoms with van der Waals surface area (Å²) in [6.07, 6.45) is -10.8. The number of amides is 8. The summed E-state index contributed by atoms with van der Waals surface area (Å²) < 4.78 is 140. The highest BCUT2D eigenvalue weighted by atomic mass is 16.7. The lowest BCUT2D eigenvalue weighted by Crippen LogP contribution is -2.66. The van der Waals surface area contributed by atoms with Crippen molar-refractivity contribution in [3.63, 3.8) is 0 Å². The number of carbonyl (C=O) groups is 17. The molecule has 1 aromatic carbocycles. The number of nitrogens with one attached hydrogen (secondary N) is 8. The standard InChI is InChI=1S/C91H144N8O42/c1-57(100)95-78-84(136-66(10)109)81(133-63(7)106)72(51-130-60(4)103)139-89(78)127-47-44-120-35-32-117-38-41-124-54-75(112)92-28-21-18-26-70(87(115)94-30-20-13-14-23-31-123-50-69-24-16-15-17-25-69)99-88(116)71(98-77(114)56-126-43-40-119-34-37-122-46-49-129-91-80(97-59(3)102)86(138-68(12)111)83(135-65(9)108)74(141-91)53-132-62(6)105)27-19-22-29-93-76(113)55-125-42-39-118-33-36-121-45-48-128-90-79(96-58(2)101)85(137-67(11)110)82(134-64(8)107)73(140-90)52-131-61(5)104/h15-17,24-25,70-74,78-86,89-91H,13-14,18-23,26-56H2,1-12H3,(H,92,112)(H,93,113)(H,94,115)(H,95,100)(H,96,101)(H,97,102)(H,98,114)(H,99,116)/t70-,71-,72+,73+,74+,78+,79+,80+,81-,82-,83-,84+,85+,86+,89+,90+,91+/m0/s1. The number of hydrogen-bond donors (Lipinski definition) is 8. The molecule has 0 radical (unpaired) electrons. The molecule has 50 heteroatoms. The van der Waals surface area contributed by atoms with Gasteiger partial charge in [0.2, 0.25) is 47.3 Å². The van der Waals surface area contributed by atoms with E-state index in [1.807, 2.05) is 30.3 Å². The number of esters is 9. The first-order valence-electron chi connectivity index (χ1n) is 46.8. The Morgan fingerprint density at radius 2 is 0.574 bits per heavy atom. The molecule has 3 saturated heterocycles. The Bertz CT molecular complexity index is 3930. The molecule has 3 aliphatic rings. The molecule has 17 atom stereocenters. The van der Waals surface area contributed by atoms with Gasteiger partial charge >= 0.3 is 53.7 Å². The zero-order valence-corrected chi connectivity index (χ0v) is 82.4. The highest BCUT2D eigenvalue weighted by molar-refractivity contribution is 5.92. The van der Waals surface area contributed by atoms with Gasteiger partial charge in [-0.15, -0.1) is 0 Å². The molecule has 8 amide bonds. The summed E-state index contributed by atoms with van der Waals surface area (Å²) in [7, 11) is 0. The lowest BCUT2D eigenvalue weighted by atomic mass is 9.96. The van der Waals surface area contributed by atoms with Crippen LogP contribution < -0.4 is 42.5 Å². The van der Waals surface area contributed by atoms with Crippen LogP contribution in [-0.2, 0) is 207 Å². The van der Waals surface area contributed by atoms with E-state index in [0.717, 1.165) is 87.1 Å². The van der Waals surface area contributed by atoms with Crippen molar-refractivity contribution in [2.45, 2.75) is 258 Å². The van der Waals surface area contributed by atoms with Gasteiger partial charge in [0.15, 0.2) is 55.5 Å². The monoisotopic (exact) mass is 2020 g/mol. The van der Waals surface area contributed by atoms with Crippen LogP contribution in [0.15, 0.2) is 30.3 Å². The Kier molecular flexibility index (Phi) is 63.4. The second kappa shape index (κ2) is 72.8. The molecular weight excluding hydrogens is 1880 g/mol. The van der Waals surface area contributed by atoms with E-state index in [1.165, 1.54) is 20.8 Å². The number of hydrogen-bond acceptors (Lipinski definition) is 42. The van der Waals surface area contributed by atoms with E-state index in [4.69, 9.17) is 118 Å². The molecule has 0 saturated carbocycles. The van der Waals surface area contributed by atoms with Crippen molar-refractivity contribution in [1.82, 2.24) is 42.5 Å². The molecule has 3 fully saturated rings. The molecule has 0 aliphatic carbocycles. The number of rotatable bonds is 74. The molecule has 8 N–H and O–H groups in total. The van der Waals surface area contributed by atoms with E-state index >= 15 is 0 Å². The van der Waals surface area contributed by atoms with Crippen LogP contribution in [0, 0.1) is 0 Å². The summed E-state index contributed by atoms with van der Waals surface area (Å²) in [6.45, 7) is 13.3. The number of ether oxygens (including phenoxy) is 25. The first kappa shape index (κ1) is 123. The second-order valence-electron chi connectivity index (χ2n) is 32.2. The van der Waals surface area contributed by atoms with E-state index in [0.29, 0.717) is 38.9 Å². The summed E-state index contributed by atoms with van der Waals surface area (Å²) in [5.74, 6) is -11.0. The fraction of sp³-hybridized carbons (Fsp3) is 0.747. The van der Waals surface area contributed by atoms with Crippen LogP contribution in [-0.4, -0.2) is 390 Å². The van der Waals surface area contributed by atoms with Gasteiger partial charge in [-0.2, -0.15) is 0 Å². The van der Waals surface area contributed by atoms with Crippen LogP contribution in [0.5, 0.6) is 0 Å². The predicted molar refractivity (Wildman–Crippen MR) is 482 cm³/mol. The maximum Gasteiger partial charge on any atom is 0.303 e. The molecule has 0 aromatic heterocycles. The average Bonchev–Trinajstić information content (AvgIpc) is 0.793. The zero-order valence-electron chi connectivity index (χ0n) is 82.4. The third-order valence-electron chi connectivity index (χ3n) is 20.1. The lowest BCUT2D eigenvalue weighted by molar-refractivity contribution is -0.279. The minimum Gasteiger partial charge on any atom is -0.463 e. The van der Waals surface area contributed by atoms with E-state index in [9.17, 15) is 81.5 Å². The van der Waals surface area contributed by atoms with Crippen molar-refractivity contribution in [3.8, 4) is 0 Å². The van der Waals surface area contributed by atoms with Gasteiger partial charge in [0.1, 0.15) is 88.2 Å². The fourth-order valence-corrected chi connectivity index (χ4v) is 14.1. The van der Waals surface area contributed by atoms with Crippen molar-refractivity contribution in [3.05, 3.63) is 35.9 Å². The van der Waals surface area contributed by atoms with Crippen molar-refractivity contribution in [2.24, 2.45) is 0 Å². The molecule has 3 heterocycles. The van der Waals surface area contributed by atoms with Gasteiger partial charge in [-0.25, -0.2) is 0 Å². The molecule has 800 valence electrons. The predicted octanol–water partition coefficient (Wildman–Crippen LogP) is -1.41. The summed E-state index contributed by atoms with van der Waals surface area (Å²) in [5.41, 5.74) is 1.06. The van der Waals surface area contributed by atoms with E-state index < -0.39 is 231 Å². The summed E-state index contributed by atoms with van der Waals surface area (Å²) in [6, 6.07) is 3.93. The Morgan fingerprint density at radius 3 is 0.901 bits per heavy atom. The highest BCUT2D eigenvalue weighted by Crippen LogP contribution is 2.32. The van der Waals surface area contributed by atoms with Gasteiger partial charge < -0.3 is 161 Å². The van der Waals surface area contributed by atoms with Crippen molar-refractivity contribution in [2.75, 3.05) is 185 Å². The van der Waals surface area contributed by atoms with E-state index in [2.05, 4.69) is 42.5 Å². The minimum absolute atomic E-state index is 0.000679. The van der Waals surface area contributed by atoms with Gasteiger partial charge in [0, 0.05) is 109 Å². The molecule has 0 unspecified atom stereocenters. The lowest BCUT2D eigenvalue weighted by Gasteiger charge is -2.44. The van der Waals surface area contributed by atoms with Crippen LogP contribution >= 0.6 is 0 Å². The van der Waals surface area contributed by atoms with Crippen molar-refractivity contribution in [1.29, 1.82) is 0 Å². The normalized spacial score (nSPS) is 21.2. The molecule has 1 aromatic rings. The maximum absolute atomic E-state index is 14.5. The quantitative estimate of drug-likeness (QED) is 0.0211. The van der Waals surface area contributed by atoms with Gasteiger partial charge in [0.05, 0.1) is 126 Å². The largest absolute Gasteiger partial charge is 0.463 e. The van der Waals surface area contributed by atoms with E-state index in [1.54, 1.807) is 0 Å². The first-order chi connectivity index (χ1) is 67.5. The average molecular weight is 2020 g/mol. The van der Waals surface area contributed by atoms with Gasteiger partial charge in [-0.3, -0.25) is 81.5 Å². The first-order valence-corrected chi connectivity index (χ1v) is 46.8. The van der Waals surface area contributed by atoms with Crippen molar-refractivity contribution < 1.29 is 200 Å². The molecular formula is C91H144N8O42. The second-order valence-corrected chi connectivity index (χ2v) is 32.2.